The van der Waals surface area contributed by atoms with Crippen LogP contribution in [0.4, 0.5) is 13.2 Å². The monoisotopic (exact) mass is 592 g/mol. The van der Waals surface area contributed by atoms with E-state index in [1.807, 2.05) is 0 Å². The highest BCUT2D eigenvalue weighted by atomic mass is 35.5. The molecule has 3 aromatic carbocycles. The zero-order valence-corrected chi connectivity index (χ0v) is 22.5. The van der Waals surface area contributed by atoms with Crippen molar-refractivity contribution in [3.8, 4) is 5.75 Å². The number of carbonyl (C=O) groups excluding carboxylic acids is 3. The van der Waals surface area contributed by atoms with Gasteiger partial charge in [0.15, 0.2) is 5.78 Å². The minimum atomic E-state index is -4.93. The molecular formula is C28H21Cl2F3N2O5. The number of fused-ring (bicyclic) bond motifs is 1. The Balaban J connectivity index is 1.89. The number of ketones is 1. The molecule has 0 saturated carbocycles. The number of carbonyl (C=O) groups is 3. The van der Waals surface area contributed by atoms with Crippen LogP contribution in [-0.2, 0) is 26.5 Å². The van der Waals surface area contributed by atoms with Gasteiger partial charge in [-0.3, -0.25) is 14.4 Å². The first-order valence-electron chi connectivity index (χ1n) is 11.6. The number of hydrogen-bond acceptors (Lipinski definition) is 5. The predicted molar refractivity (Wildman–Crippen MR) is 142 cm³/mol. The van der Waals surface area contributed by atoms with Crippen LogP contribution >= 0.6 is 23.2 Å². The number of benzene rings is 3. The van der Waals surface area contributed by atoms with E-state index in [9.17, 15) is 27.6 Å². The van der Waals surface area contributed by atoms with Crippen LogP contribution in [0.25, 0.3) is 10.9 Å². The zero-order valence-electron chi connectivity index (χ0n) is 21.0. The van der Waals surface area contributed by atoms with Crippen molar-refractivity contribution in [3.05, 3.63) is 98.7 Å². The summed E-state index contributed by atoms with van der Waals surface area (Å²) in [7, 11) is 0. The fourth-order valence-electron chi connectivity index (χ4n) is 4.46. The quantitative estimate of drug-likeness (QED) is 0.181. The highest BCUT2D eigenvalue weighted by Crippen LogP contribution is 2.35. The van der Waals surface area contributed by atoms with Gasteiger partial charge in [-0.15, -0.1) is 13.2 Å². The number of primary amides is 1. The fourth-order valence-corrected chi connectivity index (χ4v) is 4.88. The van der Waals surface area contributed by atoms with Gasteiger partial charge in [0, 0.05) is 44.9 Å². The molecule has 12 heteroatoms. The van der Waals surface area contributed by atoms with Crippen LogP contribution in [-0.4, -0.2) is 29.1 Å². The molecule has 40 heavy (non-hydrogen) atoms. The Labute approximate surface area is 236 Å². The van der Waals surface area contributed by atoms with E-state index in [2.05, 4.69) is 4.74 Å². The van der Waals surface area contributed by atoms with Gasteiger partial charge in [-0.2, -0.15) is 0 Å². The average molecular weight is 593 g/mol. The SMILES string of the molecule is Cc1c(C(=O)c2ccc(Cl)cc2)c2ccc(OC(F)(F)F)cc2n1Cc1ccc(Cl)c([C@@](C)(OC=O)C(N)=O)c1. The number of nitrogens with zero attached hydrogens (tertiary/aromatic N) is 1. The largest absolute Gasteiger partial charge is 0.573 e. The lowest BCUT2D eigenvalue weighted by Crippen LogP contribution is -2.41. The third kappa shape index (κ3) is 5.64. The van der Waals surface area contributed by atoms with Crippen molar-refractivity contribution in [3.63, 3.8) is 0 Å². The van der Waals surface area contributed by atoms with Crippen molar-refractivity contribution >= 4 is 52.3 Å². The molecule has 0 spiro atoms. The Kier molecular flexibility index (Phi) is 7.87. The molecule has 1 aromatic heterocycles. The van der Waals surface area contributed by atoms with Gasteiger partial charge in [0.25, 0.3) is 12.4 Å². The van der Waals surface area contributed by atoms with E-state index in [4.69, 9.17) is 33.7 Å². The zero-order chi connectivity index (χ0) is 29.4. The van der Waals surface area contributed by atoms with Gasteiger partial charge in [-0.1, -0.05) is 29.3 Å². The molecule has 0 aliphatic carbocycles. The molecule has 2 N–H and O–H groups in total. The van der Waals surface area contributed by atoms with Crippen LogP contribution < -0.4 is 10.5 Å². The Bertz CT molecular complexity index is 1630. The minimum absolute atomic E-state index is 0.0335. The van der Waals surface area contributed by atoms with Crippen molar-refractivity contribution in [2.45, 2.75) is 32.4 Å². The number of hydrogen-bond donors (Lipinski definition) is 1. The number of rotatable bonds is 9. The molecule has 7 nitrogen and oxygen atoms in total. The number of aromatic nitrogens is 1. The summed E-state index contributed by atoms with van der Waals surface area (Å²) in [4.78, 5) is 36.8. The molecule has 0 aliphatic heterocycles. The maximum atomic E-state index is 13.6. The van der Waals surface area contributed by atoms with E-state index in [0.717, 1.165) is 6.07 Å². The van der Waals surface area contributed by atoms with Gasteiger partial charge in [-0.25, -0.2) is 0 Å². The van der Waals surface area contributed by atoms with E-state index in [1.165, 1.54) is 31.2 Å². The Hall–Kier alpha value is -4.02. The summed E-state index contributed by atoms with van der Waals surface area (Å²) in [6.45, 7) is 3.06. The average Bonchev–Trinajstić information content (AvgIpc) is 3.14. The first kappa shape index (κ1) is 29.0. The molecule has 0 radical (unpaired) electrons. The number of alkyl halides is 3. The van der Waals surface area contributed by atoms with Crippen LogP contribution in [0, 0.1) is 6.92 Å². The summed E-state index contributed by atoms with van der Waals surface area (Å²) in [6, 6.07) is 14.5. The lowest BCUT2D eigenvalue weighted by atomic mass is 9.93. The molecular weight excluding hydrogens is 572 g/mol. The third-order valence-electron chi connectivity index (χ3n) is 6.50. The van der Waals surface area contributed by atoms with Crippen molar-refractivity contribution in [2.75, 3.05) is 0 Å². The number of amides is 1. The fraction of sp³-hybridized carbons (Fsp3) is 0.179. The van der Waals surface area contributed by atoms with Crippen LogP contribution in [0.5, 0.6) is 5.75 Å². The maximum Gasteiger partial charge on any atom is 0.573 e. The summed E-state index contributed by atoms with van der Waals surface area (Å²) in [5, 5.41) is 0.928. The van der Waals surface area contributed by atoms with Crippen molar-refractivity contribution < 1.29 is 37.0 Å². The predicted octanol–water partition coefficient (Wildman–Crippen LogP) is 6.31. The van der Waals surface area contributed by atoms with Crippen LogP contribution in [0.1, 0.15) is 39.7 Å². The van der Waals surface area contributed by atoms with Crippen LogP contribution in [0.3, 0.4) is 0 Å². The lowest BCUT2D eigenvalue weighted by Gasteiger charge is -2.26. The smallest absolute Gasteiger partial charge is 0.446 e. The standard InChI is InChI=1S/C28H21Cl2F3N2O5/c1-15-24(25(37)17-4-6-18(29)7-5-17)20-9-8-19(40-28(31,32)33)12-23(20)35(15)13-16-3-10-22(30)21(11-16)27(2,26(34)38)39-14-36/h3-12,14H,13H2,1-2H3,(H2,34,38)/t27-/m1/s1. The summed E-state index contributed by atoms with van der Waals surface area (Å²) < 4.78 is 49.7. The Morgan fingerprint density at radius 1 is 1.02 bits per heavy atom. The van der Waals surface area contributed by atoms with Crippen molar-refractivity contribution in [1.29, 1.82) is 0 Å². The molecule has 1 atom stereocenters. The van der Waals surface area contributed by atoms with Crippen LogP contribution in [0.15, 0.2) is 60.7 Å². The maximum absolute atomic E-state index is 13.6. The molecule has 0 saturated heterocycles. The van der Waals surface area contributed by atoms with E-state index in [0.29, 0.717) is 27.2 Å². The highest BCUT2D eigenvalue weighted by molar-refractivity contribution is 6.32. The summed E-state index contributed by atoms with van der Waals surface area (Å²) in [5.74, 6) is -1.80. The van der Waals surface area contributed by atoms with Crippen LogP contribution in [0.2, 0.25) is 10.0 Å². The van der Waals surface area contributed by atoms with Gasteiger partial charge in [0.05, 0.1) is 11.1 Å². The van der Waals surface area contributed by atoms with Crippen molar-refractivity contribution in [2.24, 2.45) is 5.73 Å². The van der Waals surface area contributed by atoms with E-state index in [1.54, 1.807) is 41.8 Å². The van der Waals surface area contributed by atoms with Crippen molar-refractivity contribution in [1.82, 2.24) is 4.57 Å². The summed E-state index contributed by atoms with van der Waals surface area (Å²) >= 11 is 12.3. The van der Waals surface area contributed by atoms with E-state index < -0.39 is 23.6 Å². The normalized spacial score (nSPS) is 13.1. The Morgan fingerprint density at radius 3 is 2.30 bits per heavy atom. The van der Waals surface area contributed by atoms with Gasteiger partial charge in [-0.05, 0) is 67.9 Å². The molecule has 4 rings (SSSR count). The Morgan fingerprint density at radius 2 is 1.70 bits per heavy atom. The molecule has 0 fully saturated rings. The van der Waals surface area contributed by atoms with Gasteiger partial charge in [0.2, 0.25) is 5.60 Å². The minimum Gasteiger partial charge on any atom is -0.446 e. The van der Waals surface area contributed by atoms with E-state index >= 15 is 0 Å². The van der Waals surface area contributed by atoms with Gasteiger partial charge < -0.3 is 19.8 Å². The van der Waals surface area contributed by atoms with Gasteiger partial charge >= 0.3 is 6.36 Å². The van der Waals surface area contributed by atoms with E-state index in [-0.39, 0.29) is 40.5 Å². The molecule has 208 valence electrons. The molecule has 1 amide bonds. The van der Waals surface area contributed by atoms with Gasteiger partial charge in [0.1, 0.15) is 5.75 Å². The molecule has 0 aliphatic rings. The molecule has 0 bridgehead atoms. The summed E-state index contributed by atoms with van der Waals surface area (Å²) in [5.41, 5.74) is 5.59. The second kappa shape index (κ2) is 10.9. The topological polar surface area (TPSA) is 101 Å². The second-order valence-corrected chi connectivity index (χ2v) is 9.88. The number of halogens is 5. The number of nitrogens with two attached hydrogens (primary N) is 1. The lowest BCUT2D eigenvalue weighted by molar-refractivity contribution is -0.274. The third-order valence-corrected chi connectivity index (χ3v) is 7.08. The molecule has 1 heterocycles. The summed E-state index contributed by atoms with van der Waals surface area (Å²) in [6.07, 6.45) is -4.93. The first-order chi connectivity index (χ1) is 18.7. The molecule has 4 aromatic rings. The molecule has 0 unspecified atom stereocenters. The second-order valence-electron chi connectivity index (χ2n) is 9.04. The first-order valence-corrected chi connectivity index (χ1v) is 12.4. The highest BCUT2D eigenvalue weighted by Gasteiger charge is 2.38. The number of ether oxygens (including phenoxy) is 2.